The van der Waals surface area contributed by atoms with E-state index in [0.717, 1.165) is 5.69 Å². The lowest BCUT2D eigenvalue weighted by Gasteiger charge is -2.17. The first-order chi connectivity index (χ1) is 8.20. The lowest BCUT2D eigenvalue weighted by Crippen LogP contribution is -2.15. The van der Waals surface area contributed by atoms with Gasteiger partial charge in [0.1, 0.15) is 5.82 Å². The summed E-state index contributed by atoms with van der Waals surface area (Å²) in [5.74, 6) is 0.554. The summed E-state index contributed by atoms with van der Waals surface area (Å²) < 4.78 is 0. The molecule has 84 valence electrons. The highest BCUT2D eigenvalue weighted by Crippen LogP contribution is 2.20. The van der Waals surface area contributed by atoms with Crippen LogP contribution in [-0.2, 0) is 0 Å². The van der Waals surface area contributed by atoms with E-state index in [2.05, 4.69) is 16.0 Å². The number of rotatable bonds is 2. The van der Waals surface area contributed by atoms with E-state index in [9.17, 15) is 4.79 Å². The normalized spacial score (nSPS) is 9.65. The molecule has 1 heterocycles. The number of benzene rings is 1. The monoisotopic (exact) mass is 226 g/mol. The Kier molecular flexibility index (Phi) is 2.88. The third-order valence-electron chi connectivity index (χ3n) is 2.39. The van der Waals surface area contributed by atoms with Crippen molar-refractivity contribution in [3.8, 4) is 6.07 Å². The van der Waals surface area contributed by atoms with Gasteiger partial charge in [0, 0.05) is 18.8 Å². The standard InChI is InChI=1S/C12H10N4O/c1-16(11-6-12(17)15-8-14-11)10-4-2-9(7-13)3-5-10/h2-6,8H,1H3,(H,14,15,17). The molecule has 0 aliphatic carbocycles. The number of aromatic amines is 1. The number of anilines is 2. The van der Waals surface area contributed by atoms with Crippen LogP contribution in [0.1, 0.15) is 5.56 Å². The second-order valence-corrected chi connectivity index (χ2v) is 3.49. The van der Waals surface area contributed by atoms with E-state index >= 15 is 0 Å². The number of aromatic nitrogens is 2. The van der Waals surface area contributed by atoms with E-state index in [1.165, 1.54) is 12.4 Å². The molecular formula is C12H10N4O. The molecule has 0 spiro atoms. The van der Waals surface area contributed by atoms with Crippen molar-refractivity contribution in [3.63, 3.8) is 0 Å². The molecule has 17 heavy (non-hydrogen) atoms. The largest absolute Gasteiger partial charge is 0.329 e. The van der Waals surface area contributed by atoms with Gasteiger partial charge >= 0.3 is 0 Å². The summed E-state index contributed by atoms with van der Waals surface area (Å²) in [5, 5.41) is 8.70. The van der Waals surface area contributed by atoms with Crippen LogP contribution in [0.5, 0.6) is 0 Å². The third kappa shape index (κ3) is 2.32. The molecule has 0 atom stereocenters. The molecule has 0 saturated carbocycles. The minimum Gasteiger partial charge on any atom is -0.329 e. The average Bonchev–Trinajstić information content (AvgIpc) is 2.38. The van der Waals surface area contributed by atoms with E-state index in [1.54, 1.807) is 29.2 Å². The fraction of sp³-hybridized carbons (Fsp3) is 0.0833. The van der Waals surface area contributed by atoms with Crippen molar-refractivity contribution in [2.45, 2.75) is 0 Å². The molecule has 0 aliphatic rings. The maximum absolute atomic E-state index is 11.2. The van der Waals surface area contributed by atoms with Crippen LogP contribution in [-0.4, -0.2) is 17.0 Å². The fourth-order valence-electron chi connectivity index (χ4n) is 1.43. The second-order valence-electron chi connectivity index (χ2n) is 3.49. The maximum Gasteiger partial charge on any atom is 0.252 e. The van der Waals surface area contributed by atoms with Gasteiger partial charge in [-0.15, -0.1) is 0 Å². The highest BCUT2D eigenvalue weighted by Gasteiger charge is 2.05. The SMILES string of the molecule is CN(c1ccc(C#N)cc1)c1cc(=O)[nH]cn1. The molecular weight excluding hydrogens is 216 g/mol. The second kappa shape index (κ2) is 4.49. The summed E-state index contributed by atoms with van der Waals surface area (Å²) in [6.07, 6.45) is 1.36. The average molecular weight is 226 g/mol. The molecule has 1 aromatic heterocycles. The molecule has 0 aliphatic heterocycles. The molecule has 0 bridgehead atoms. The summed E-state index contributed by atoms with van der Waals surface area (Å²) in [7, 11) is 1.81. The van der Waals surface area contributed by atoms with E-state index in [4.69, 9.17) is 5.26 Å². The van der Waals surface area contributed by atoms with Gasteiger partial charge in [0.25, 0.3) is 5.56 Å². The van der Waals surface area contributed by atoms with Crippen molar-refractivity contribution >= 4 is 11.5 Å². The van der Waals surface area contributed by atoms with Gasteiger partial charge in [0.15, 0.2) is 0 Å². The van der Waals surface area contributed by atoms with Crippen LogP contribution >= 0.6 is 0 Å². The van der Waals surface area contributed by atoms with E-state index in [0.29, 0.717) is 11.4 Å². The Morgan fingerprint density at radius 2 is 2.06 bits per heavy atom. The zero-order valence-corrected chi connectivity index (χ0v) is 9.21. The maximum atomic E-state index is 11.2. The zero-order chi connectivity index (χ0) is 12.3. The molecule has 0 saturated heterocycles. The number of hydrogen-bond donors (Lipinski definition) is 1. The molecule has 0 fully saturated rings. The van der Waals surface area contributed by atoms with Crippen molar-refractivity contribution in [2.75, 3.05) is 11.9 Å². The van der Waals surface area contributed by atoms with Gasteiger partial charge in [-0.2, -0.15) is 5.26 Å². The summed E-state index contributed by atoms with van der Waals surface area (Å²) in [6.45, 7) is 0. The molecule has 0 radical (unpaired) electrons. The fourth-order valence-corrected chi connectivity index (χ4v) is 1.43. The number of hydrogen-bond acceptors (Lipinski definition) is 4. The third-order valence-corrected chi connectivity index (χ3v) is 2.39. The Morgan fingerprint density at radius 3 is 2.65 bits per heavy atom. The van der Waals surface area contributed by atoms with Crippen LogP contribution in [0.25, 0.3) is 0 Å². The lowest BCUT2D eigenvalue weighted by atomic mass is 10.2. The van der Waals surface area contributed by atoms with Crippen LogP contribution in [0.4, 0.5) is 11.5 Å². The van der Waals surface area contributed by atoms with Crippen LogP contribution in [0.15, 0.2) is 41.5 Å². The summed E-state index contributed by atoms with van der Waals surface area (Å²) >= 11 is 0. The number of nitrogens with zero attached hydrogens (tertiary/aromatic N) is 3. The molecule has 0 unspecified atom stereocenters. The molecule has 2 aromatic rings. The van der Waals surface area contributed by atoms with Gasteiger partial charge in [-0.25, -0.2) is 4.98 Å². The highest BCUT2D eigenvalue weighted by atomic mass is 16.1. The van der Waals surface area contributed by atoms with Gasteiger partial charge in [-0.1, -0.05) is 0 Å². The smallest absolute Gasteiger partial charge is 0.252 e. The lowest BCUT2D eigenvalue weighted by molar-refractivity contribution is 1.05. The topological polar surface area (TPSA) is 72.8 Å². The Hall–Kier alpha value is -2.61. The van der Waals surface area contributed by atoms with E-state index in [-0.39, 0.29) is 5.56 Å². The van der Waals surface area contributed by atoms with Gasteiger partial charge in [-0.05, 0) is 24.3 Å². The van der Waals surface area contributed by atoms with Crippen molar-refractivity contribution in [1.82, 2.24) is 9.97 Å². The summed E-state index contributed by atoms with van der Waals surface area (Å²) in [5.41, 5.74) is 1.26. The first kappa shape index (κ1) is 10.9. The number of nitrogens with one attached hydrogen (secondary N) is 1. The summed E-state index contributed by atoms with van der Waals surface area (Å²) in [4.78, 5) is 19.5. The van der Waals surface area contributed by atoms with Crippen LogP contribution in [0, 0.1) is 11.3 Å². The van der Waals surface area contributed by atoms with Gasteiger partial charge in [-0.3, -0.25) is 4.79 Å². The molecule has 1 aromatic carbocycles. The number of H-pyrrole nitrogens is 1. The van der Waals surface area contributed by atoms with Gasteiger partial charge in [0.05, 0.1) is 18.0 Å². The van der Waals surface area contributed by atoms with Gasteiger partial charge < -0.3 is 9.88 Å². The van der Waals surface area contributed by atoms with Crippen LogP contribution in [0.3, 0.4) is 0 Å². The number of nitriles is 1. The van der Waals surface area contributed by atoms with Crippen LogP contribution < -0.4 is 10.5 Å². The van der Waals surface area contributed by atoms with Gasteiger partial charge in [0.2, 0.25) is 0 Å². The quantitative estimate of drug-likeness (QED) is 0.840. The van der Waals surface area contributed by atoms with Crippen molar-refractivity contribution < 1.29 is 0 Å². The Morgan fingerprint density at radius 1 is 1.35 bits per heavy atom. The molecule has 5 nitrogen and oxygen atoms in total. The molecule has 1 N–H and O–H groups in total. The predicted octanol–water partition coefficient (Wildman–Crippen LogP) is 1.41. The van der Waals surface area contributed by atoms with Crippen LogP contribution in [0.2, 0.25) is 0 Å². The molecule has 2 rings (SSSR count). The van der Waals surface area contributed by atoms with E-state index in [1.807, 2.05) is 7.05 Å². The minimum atomic E-state index is -0.199. The minimum absolute atomic E-state index is 0.199. The van der Waals surface area contributed by atoms with Crippen molar-refractivity contribution in [1.29, 1.82) is 5.26 Å². The van der Waals surface area contributed by atoms with E-state index < -0.39 is 0 Å². The highest BCUT2D eigenvalue weighted by molar-refractivity contribution is 5.59. The first-order valence-electron chi connectivity index (χ1n) is 4.99. The van der Waals surface area contributed by atoms with Crippen molar-refractivity contribution in [2.24, 2.45) is 0 Å². The molecule has 5 heteroatoms. The van der Waals surface area contributed by atoms with Crippen molar-refractivity contribution in [3.05, 3.63) is 52.6 Å². The zero-order valence-electron chi connectivity index (χ0n) is 9.21. The Labute approximate surface area is 98.0 Å². The Balaban J connectivity index is 2.34. The molecule has 0 amide bonds. The Bertz CT molecular complexity index is 609. The summed E-state index contributed by atoms with van der Waals surface area (Å²) in [6, 6.07) is 10.5. The predicted molar refractivity (Wildman–Crippen MR) is 64.1 cm³/mol. The first-order valence-corrected chi connectivity index (χ1v) is 4.99.